The Morgan fingerprint density at radius 3 is 2.24 bits per heavy atom. The number of carbonyl (C=O) groups excluding carboxylic acids is 1. The Bertz CT molecular complexity index is 1560. The van der Waals surface area contributed by atoms with Crippen molar-refractivity contribution >= 4 is 52.8 Å². The van der Waals surface area contributed by atoms with Gasteiger partial charge in [-0.1, -0.05) is 18.2 Å². The summed E-state index contributed by atoms with van der Waals surface area (Å²) in [5, 5.41) is 19.6. The van der Waals surface area contributed by atoms with E-state index in [0.717, 1.165) is 0 Å². The molecule has 1 aliphatic rings. The minimum atomic E-state index is -0.467. The van der Waals surface area contributed by atoms with Crippen LogP contribution in [0.1, 0.15) is 11.4 Å². The van der Waals surface area contributed by atoms with Crippen molar-refractivity contribution in [2.75, 3.05) is 47.2 Å². The third-order valence-electron chi connectivity index (χ3n) is 5.94. The maximum atomic E-state index is 13.1. The molecule has 1 fully saturated rings. The molecule has 0 bridgehead atoms. The zero-order valence-corrected chi connectivity index (χ0v) is 21.7. The summed E-state index contributed by atoms with van der Waals surface area (Å²) in [6.07, 6.45) is 3.37. The number of morpholine rings is 1. The number of nitrogens with one attached hydrogen (secondary N) is 3. The third-order valence-corrected chi connectivity index (χ3v) is 5.94. The SMILES string of the molecule is O=C(Nc1ccc(F)cc1)Nc1ccc(Nc2nc(/C=C/c3cccc([N+](=O)[O-])c3)nc(N3CCOCC3)n2)cc1. The van der Waals surface area contributed by atoms with Crippen LogP contribution in [0.25, 0.3) is 12.2 Å². The van der Waals surface area contributed by atoms with Gasteiger partial charge in [0.05, 0.1) is 18.1 Å². The van der Waals surface area contributed by atoms with E-state index in [9.17, 15) is 19.3 Å². The summed E-state index contributed by atoms with van der Waals surface area (Å²) in [5.41, 5.74) is 2.30. The molecule has 41 heavy (non-hydrogen) atoms. The Balaban J connectivity index is 1.31. The van der Waals surface area contributed by atoms with Crippen LogP contribution in [0.5, 0.6) is 0 Å². The van der Waals surface area contributed by atoms with E-state index in [2.05, 4.69) is 30.9 Å². The smallest absolute Gasteiger partial charge is 0.323 e. The van der Waals surface area contributed by atoms with Crippen molar-refractivity contribution in [2.45, 2.75) is 0 Å². The van der Waals surface area contributed by atoms with Crippen molar-refractivity contribution in [1.29, 1.82) is 0 Å². The van der Waals surface area contributed by atoms with Gasteiger partial charge in [-0.3, -0.25) is 10.1 Å². The zero-order chi connectivity index (χ0) is 28.6. The topological polar surface area (TPSA) is 147 Å². The van der Waals surface area contributed by atoms with Crippen LogP contribution in [0.15, 0.2) is 72.8 Å². The summed E-state index contributed by atoms with van der Waals surface area (Å²) < 4.78 is 18.5. The van der Waals surface area contributed by atoms with Crippen LogP contribution in [-0.2, 0) is 4.74 Å². The van der Waals surface area contributed by atoms with Crippen LogP contribution in [0.4, 0.5) is 43.8 Å². The number of anilines is 5. The number of nitro groups is 1. The fourth-order valence-electron chi connectivity index (χ4n) is 3.92. The molecule has 5 rings (SSSR count). The highest BCUT2D eigenvalue weighted by molar-refractivity contribution is 5.99. The molecular weight excluding hydrogens is 531 g/mol. The number of nitro benzene ring substituents is 1. The Hall–Kier alpha value is -5.43. The molecule has 3 N–H and O–H groups in total. The maximum absolute atomic E-state index is 13.1. The molecule has 13 heteroatoms. The molecule has 0 aliphatic carbocycles. The van der Waals surface area contributed by atoms with Crippen LogP contribution in [0.2, 0.25) is 0 Å². The molecule has 0 radical (unpaired) electrons. The van der Waals surface area contributed by atoms with Gasteiger partial charge in [-0.25, -0.2) is 9.18 Å². The van der Waals surface area contributed by atoms with Crippen molar-refractivity contribution in [3.63, 3.8) is 0 Å². The van der Waals surface area contributed by atoms with Crippen LogP contribution in [0.3, 0.4) is 0 Å². The van der Waals surface area contributed by atoms with E-state index < -0.39 is 11.0 Å². The number of hydrogen-bond donors (Lipinski definition) is 3. The molecule has 2 heterocycles. The number of hydrogen-bond acceptors (Lipinski definition) is 9. The van der Waals surface area contributed by atoms with Crippen molar-refractivity contribution in [1.82, 2.24) is 15.0 Å². The van der Waals surface area contributed by atoms with E-state index in [0.29, 0.717) is 66.6 Å². The second-order valence-corrected chi connectivity index (χ2v) is 8.89. The molecule has 3 aromatic carbocycles. The van der Waals surface area contributed by atoms with Gasteiger partial charge in [0, 0.05) is 42.3 Å². The minimum absolute atomic E-state index is 0.00923. The summed E-state index contributed by atoms with van der Waals surface area (Å²) in [4.78, 5) is 38.6. The molecule has 0 saturated carbocycles. The van der Waals surface area contributed by atoms with Gasteiger partial charge in [0.1, 0.15) is 5.82 Å². The highest BCUT2D eigenvalue weighted by Gasteiger charge is 2.16. The fourth-order valence-corrected chi connectivity index (χ4v) is 3.92. The fraction of sp³-hybridized carbons (Fsp3) is 0.143. The highest BCUT2D eigenvalue weighted by Crippen LogP contribution is 2.21. The average Bonchev–Trinajstić information content (AvgIpc) is 2.99. The summed E-state index contributed by atoms with van der Waals surface area (Å²) in [6, 6.07) is 18.2. The van der Waals surface area contributed by atoms with Gasteiger partial charge >= 0.3 is 6.03 Å². The van der Waals surface area contributed by atoms with Gasteiger partial charge in [-0.15, -0.1) is 0 Å². The number of carbonyl (C=O) groups is 1. The first-order valence-corrected chi connectivity index (χ1v) is 12.6. The standard InChI is InChI=1S/C28H25FN8O4/c29-20-5-7-22(8-6-20)31-28(38)32-23-11-9-21(10-12-23)30-26-33-25(34-27(35-26)36-14-16-41-17-15-36)13-4-19-2-1-3-24(18-19)37(39)40/h1-13,18H,14-17H2,(H2,31,32,38)(H,30,33,34,35)/b13-4+. The normalized spacial score (nSPS) is 13.1. The quantitative estimate of drug-likeness (QED) is 0.194. The van der Waals surface area contributed by atoms with Crippen LogP contribution >= 0.6 is 0 Å². The summed E-state index contributed by atoms with van der Waals surface area (Å²) in [5.74, 6) is 0.751. The Labute approximate surface area is 234 Å². The molecule has 1 aliphatic heterocycles. The zero-order valence-electron chi connectivity index (χ0n) is 21.7. The van der Waals surface area contributed by atoms with Gasteiger partial charge in [0.15, 0.2) is 5.82 Å². The van der Waals surface area contributed by atoms with Crippen molar-refractivity contribution in [2.24, 2.45) is 0 Å². The van der Waals surface area contributed by atoms with E-state index in [1.54, 1.807) is 48.6 Å². The molecule has 12 nitrogen and oxygen atoms in total. The lowest BCUT2D eigenvalue weighted by atomic mass is 10.2. The monoisotopic (exact) mass is 556 g/mol. The first-order chi connectivity index (χ1) is 19.9. The number of amides is 2. The number of aromatic nitrogens is 3. The van der Waals surface area contributed by atoms with Crippen molar-refractivity contribution in [3.05, 3.63) is 100 Å². The third kappa shape index (κ3) is 7.58. The number of benzene rings is 3. The predicted octanol–water partition coefficient (Wildman–Crippen LogP) is 5.31. The lowest BCUT2D eigenvalue weighted by Crippen LogP contribution is -2.37. The lowest BCUT2D eigenvalue weighted by molar-refractivity contribution is -0.384. The molecule has 0 unspecified atom stereocenters. The van der Waals surface area contributed by atoms with Crippen molar-refractivity contribution in [3.8, 4) is 0 Å². The minimum Gasteiger partial charge on any atom is -0.378 e. The molecular formula is C28H25FN8O4. The van der Waals surface area contributed by atoms with E-state index in [4.69, 9.17) is 4.74 Å². The number of halogens is 1. The number of rotatable bonds is 8. The second kappa shape index (κ2) is 12.6. The van der Waals surface area contributed by atoms with Gasteiger partial charge in [0.25, 0.3) is 5.69 Å². The van der Waals surface area contributed by atoms with Crippen LogP contribution < -0.4 is 20.9 Å². The van der Waals surface area contributed by atoms with E-state index in [1.165, 1.54) is 36.4 Å². The summed E-state index contributed by atoms with van der Waals surface area (Å²) in [6.45, 7) is 2.35. The van der Waals surface area contributed by atoms with Gasteiger partial charge in [-0.05, 0) is 60.2 Å². The lowest BCUT2D eigenvalue weighted by Gasteiger charge is -2.27. The number of non-ortho nitro benzene ring substituents is 1. The molecule has 2 amide bonds. The first kappa shape index (κ1) is 27.1. The van der Waals surface area contributed by atoms with Gasteiger partial charge in [-0.2, -0.15) is 15.0 Å². The summed E-state index contributed by atoms with van der Waals surface area (Å²) in [7, 11) is 0. The Kier molecular flexibility index (Phi) is 8.35. The number of urea groups is 1. The van der Waals surface area contributed by atoms with Crippen molar-refractivity contribution < 1.29 is 18.8 Å². The largest absolute Gasteiger partial charge is 0.378 e. The average molecular weight is 557 g/mol. The molecule has 208 valence electrons. The van der Waals surface area contributed by atoms with Gasteiger partial charge in [0.2, 0.25) is 11.9 Å². The van der Waals surface area contributed by atoms with E-state index in [-0.39, 0.29) is 11.5 Å². The predicted molar refractivity (Wildman–Crippen MR) is 154 cm³/mol. The second-order valence-electron chi connectivity index (χ2n) is 8.89. The molecule has 4 aromatic rings. The first-order valence-electron chi connectivity index (χ1n) is 12.6. The highest BCUT2D eigenvalue weighted by atomic mass is 19.1. The maximum Gasteiger partial charge on any atom is 0.323 e. The van der Waals surface area contributed by atoms with E-state index in [1.807, 2.05) is 4.90 Å². The van der Waals surface area contributed by atoms with E-state index >= 15 is 0 Å². The Morgan fingerprint density at radius 2 is 1.56 bits per heavy atom. The van der Waals surface area contributed by atoms with Crippen LogP contribution in [-0.4, -0.2) is 52.2 Å². The molecule has 1 saturated heterocycles. The molecule has 0 atom stereocenters. The van der Waals surface area contributed by atoms with Crippen LogP contribution in [0, 0.1) is 15.9 Å². The van der Waals surface area contributed by atoms with Gasteiger partial charge < -0.3 is 25.6 Å². The number of ether oxygens (including phenoxy) is 1. The Morgan fingerprint density at radius 1 is 0.902 bits per heavy atom. The number of nitrogens with zero attached hydrogens (tertiary/aromatic N) is 5. The molecule has 0 spiro atoms. The molecule has 1 aromatic heterocycles. The summed E-state index contributed by atoms with van der Waals surface area (Å²) >= 11 is 0.